The Morgan fingerprint density at radius 3 is 2.56 bits per heavy atom. The summed E-state index contributed by atoms with van der Waals surface area (Å²) in [6.45, 7) is 7.49. The number of rotatable bonds is 6. The van der Waals surface area contributed by atoms with Gasteiger partial charge in [-0.25, -0.2) is 9.97 Å². The van der Waals surface area contributed by atoms with Gasteiger partial charge in [0, 0.05) is 32.4 Å². The van der Waals surface area contributed by atoms with Crippen molar-refractivity contribution < 1.29 is 4.79 Å². The highest BCUT2D eigenvalue weighted by molar-refractivity contribution is 5.92. The zero-order chi connectivity index (χ0) is 17.6. The van der Waals surface area contributed by atoms with Gasteiger partial charge < -0.3 is 9.80 Å². The first-order chi connectivity index (χ1) is 12.2. The van der Waals surface area contributed by atoms with Crippen LogP contribution < -0.4 is 4.90 Å². The fraction of sp³-hybridized carbons (Fsp3) is 0.450. The highest BCUT2D eigenvalue weighted by atomic mass is 16.2. The van der Waals surface area contributed by atoms with Gasteiger partial charge in [-0.1, -0.05) is 38.1 Å². The van der Waals surface area contributed by atoms with Crippen molar-refractivity contribution >= 4 is 11.9 Å². The van der Waals surface area contributed by atoms with Crippen LogP contribution in [-0.4, -0.2) is 40.4 Å². The van der Waals surface area contributed by atoms with Crippen LogP contribution in [0, 0.1) is 0 Å². The van der Waals surface area contributed by atoms with Crippen LogP contribution in [0.15, 0.2) is 36.5 Å². The molecule has 0 fully saturated rings. The maximum Gasteiger partial charge on any atom is 0.272 e. The van der Waals surface area contributed by atoms with E-state index in [2.05, 4.69) is 46.9 Å². The molecule has 0 atom stereocenters. The topological polar surface area (TPSA) is 49.3 Å². The molecule has 0 spiro atoms. The SMILES string of the molecule is CCCN(CCC)c1nccc(C(=O)N2CCc3ccccc3C2)n1. The molecule has 1 aliphatic heterocycles. The maximum atomic E-state index is 12.9. The monoisotopic (exact) mass is 338 g/mol. The second kappa shape index (κ2) is 8.10. The third kappa shape index (κ3) is 3.98. The Bertz CT molecular complexity index is 725. The highest BCUT2D eigenvalue weighted by Crippen LogP contribution is 2.20. The molecular formula is C20H26N4O. The minimum atomic E-state index is -0.00824. The largest absolute Gasteiger partial charge is 0.341 e. The average molecular weight is 338 g/mol. The fourth-order valence-electron chi connectivity index (χ4n) is 3.30. The van der Waals surface area contributed by atoms with Crippen molar-refractivity contribution in [3.8, 4) is 0 Å². The van der Waals surface area contributed by atoms with Gasteiger partial charge in [0.05, 0.1) is 0 Å². The average Bonchev–Trinajstić information content (AvgIpc) is 2.67. The number of amides is 1. The summed E-state index contributed by atoms with van der Waals surface area (Å²) in [7, 11) is 0. The second-order valence-electron chi connectivity index (χ2n) is 6.47. The van der Waals surface area contributed by atoms with Crippen molar-refractivity contribution in [2.24, 2.45) is 0 Å². The van der Waals surface area contributed by atoms with Gasteiger partial charge in [-0.15, -0.1) is 0 Å². The zero-order valence-electron chi connectivity index (χ0n) is 15.1. The number of nitrogens with zero attached hydrogens (tertiary/aromatic N) is 4. The van der Waals surface area contributed by atoms with Gasteiger partial charge in [0.1, 0.15) is 5.69 Å². The molecule has 25 heavy (non-hydrogen) atoms. The molecule has 132 valence electrons. The number of carbonyl (C=O) groups excluding carboxylic acids is 1. The molecule has 5 heteroatoms. The van der Waals surface area contributed by atoms with E-state index in [1.165, 1.54) is 11.1 Å². The molecule has 5 nitrogen and oxygen atoms in total. The quantitative estimate of drug-likeness (QED) is 0.811. The summed E-state index contributed by atoms with van der Waals surface area (Å²) >= 11 is 0. The summed E-state index contributed by atoms with van der Waals surface area (Å²) < 4.78 is 0. The first-order valence-electron chi connectivity index (χ1n) is 9.17. The van der Waals surface area contributed by atoms with Gasteiger partial charge in [-0.05, 0) is 36.5 Å². The van der Waals surface area contributed by atoms with E-state index in [-0.39, 0.29) is 5.91 Å². The summed E-state index contributed by atoms with van der Waals surface area (Å²) in [6.07, 6.45) is 4.66. The molecule has 1 amide bonds. The predicted octanol–water partition coefficient (Wildman–Crippen LogP) is 3.30. The minimum Gasteiger partial charge on any atom is -0.341 e. The Balaban J connectivity index is 1.78. The minimum absolute atomic E-state index is 0.00824. The maximum absolute atomic E-state index is 12.9. The third-order valence-corrected chi connectivity index (χ3v) is 4.55. The van der Waals surface area contributed by atoms with E-state index in [0.29, 0.717) is 18.2 Å². The number of benzene rings is 1. The predicted molar refractivity (Wildman–Crippen MR) is 99.7 cm³/mol. The van der Waals surface area contributed by atoms with Crippen molar-refractivity contribution in [2.75, 3.05) is 24.5 Å². The van der Waals surface area contributed by atoms with Crippen LogP contribution in [0.1, 0.15) is 48.3 Å². The molecule has 3 rings (SSSR count). The highest BCUT2D eigenvalue weighted by Gasteiger charge is 2.23. The molecule has 0 unspecified atom stereocenters. The molecule has 2 heterocycles. The molecular weight excluding hydrogens is 312 g/mol. The summed E-state index contributed by atoms with van der Waals surface area (Å²) in [5.41, 5.74) is 3.06. The number of anilines is 1. The Kier molecular flexibility index (Phi) is 5.64. The first kappa shape index (κ1) is 17.4. The molecule has 1 aromatic carbocycles. The standard InChI is InChI=1S/C20H26N4O/c1-3-12-23(13-4-2)20-21-11-9-18(22-20)19(25)24-14-10-16-7-5-6-8-17(16)15-24/h5-9,11H,3-4,10,12-15H2,1-2H3. The number of carbonyl (C=O) groups is 1. The first-order valence-corrected chi connectivity index (χ1v) is 9.17. The van der Waals surface area contributed by atoms with Gasteiger partial charge in [-0.3, -0.25) is 4.79 Å². The lowest BCUT2D eigenvalue weighted by atomic mass is 10.00. The lowest BCUT2D eigenvalue weighted by Gasteiger charge is -2.29. The van der Waals surface area contributed by atoms with Crippen LogP contribution in [0.3, 0.4) is 0 Å². The molecule has 1 aliphatic rings. The van der Waals surface area contributed by atoms with Crippen molar-refractivity contribution in [1.29, 1.82) is 0 Å². The Morgan fingerprint density at radius 2 is 1.84 bits per heavy atom. The van der Waals surface area contributed by atoms with E-state index in [9.17, 15) is 4.79 Å². The van der Waals surface area contributed by atoms with Crippen LogP contribution in [0.2, 0.25) is 0 Å². The number of fused-ring (bicyclic) bond motifs is 1. The van der Waals surface area contributed by atoms with E-state index in [1.807, 2.05) is 11.0 Å². The van der Waals surface area contributed by atoms with Gasteiger partial charge in [0.2, 0.25) is 5.95 Å². The fourth-order valence-corrected chi connectivity index (χ4v) is 3.30. The summed E-state index contributed by atoms with van der Waals surface area (Å²) in [5.74, 6) is 0.651. The van der Waals surface area contributed by atoms with E-state index in [0.717, 1.165) is 38.9 Å². The number of hydrogen-bond donors (Lipinski definition) is 0. The van der Waals surface area contributed by atoms with Gasteiger partial charge in [0.25, 0.3) is 5.91 Å². The van der Waals surface area contributed by atoms with Crippen molar-refractivity contribution in [3.63, 3.8) is 0 Å². The lowest BCUT2D eigenvalue weighted by Crippen LogP contribution is -2.36. The normalized spacial score (nSPS) is 13.4. The van der Waals surface area contributed by atoms with E-state index in [1.54, 1.807) is 12.3 Å². The molecule has 0 radical (unpaired) electrons. The van der Waals surface area contributed by atoms with Crippen LogP contribution >= 0.6 is 0 Å². The molecule has 0 bridgehead atoms. The van der Waals surface area contributed by atoms with Gasteiger partial charge >= 0.3 is 0 Å². The van der Waals surface area contributed by atoms with Crippen LogP contribution in [-0.2, 0) is 13.0 Å². The van der Waals surface area contributed by atoms with Crippen molar-refractivity contribution in [3.05, 3.63) is 53.3 Å². The molecule has 0 saturated heterocycles. The van der Waals surface area contributed by atoms with E-state index < -0.39 is 0 Å². The van der Waals surface area contributed by atoms with Gasteiger partial charge in [0.15, 0.2) is 0 Å². The van der Waals surface area contributed by atoms with Crippen LogP contribution in [0.4, 0.5) is 5.95 Å². The molecule has 2 aromatic rings. The molecule has 0 aliphatic carbocycles. The zero-order valence-corrected chi connectivity index (χ0v) is 15.1. The summed E-state index contributed by atoms with van der Waals surface area (Å²) in [5, 5.41) is 0. The Morgan fingerprint density at radius 1 is 1.12 bits per heavy atom. The van der Waals surface area contributed by atoms with Crippen LogP contribution in [0.25, 0.3) is 0 Å². The van der Waals surface area contributed by atoms with Crippen LogP contribution in [0.5, 0.6) is 0 Å². The van der Waals surface area contributed by atoms with Crippen molar-refractivity contribution in [2.45, 2.75) is 39.7 Å². The van der Waals surface area contributed by atoms with E-state index >= 15 is 0 Å². The summed E-state index contributed by atoms with van der Waals surface area (Å²) in [6, 6.07) is 10.1. The number of aromatic nitrogens is 2. The second-order valence-corrected chi connectivity index (χ2v) is 6.47. The smallest absolute Gasteiger partial charge is 0.272 e. The lowest BCUT2D eigenvalue weighted by molar-refractivity contribution is 0.0728. The van der Waals surface area contributed by atoms with Gasteiger partial charge in [-0.2, -0.15) is 0 Å². The molecule has 0 saturated carbocycles. The third-order valence-electron chi connectivity index (χ3n) is 4.55. The van der Waals surface area contributed by atoms with Crippen molar-refractivity contribution in [1.82, 2.24) is 14.9 Å². The Labute approximate surface area is 149 Å². The molecule has 0 N–H and O–H groups in total. The summed E-state index contributed by atoms with van der Waals surface area (Å²) in [4.78, 5) is 25.9. The Hall–Kier alpha value is -2.43. The number of hydrogen-bond acceptors (Lipinski definition) is 4. The van der Waals surface area contributed by atoms with E-state index in [4.69, 9.17) is 0 Å². The molecule has 1 aromatic heterocycles.